The Labute approximate surface area is 177 Å². The predicted molar refractivity (Wildman–Crippen MR) is 121 cm³/mol. The van der Waals surface area contributed by atoms with Gasteiger partial charge in [-0.1, -0.05) is 12.1 Å². The molecule has 0 atom stereocenters. The van der Waals surface area contributed by atoms with Crippen LogP contribution in [0, 0.1) is 12.7 Å². The number of hydrogen-bond donors (Lipinski definition) is 3. The van der Waals surface area contributed by atoms with Gasteiger partial charge in [-0.3, -0.25) is 0 Å². The molecule has 7 heteroatoms. The Bertz CT molecular complexity index is 1420. The van der Waals surface area contributed by atoms with E-state index in [2.05, 4.69) is 25.2 Å². The Hall–Kier alpha value is -4.13. The Morgan fingerprint density at radius 3 is 2.74 bits per heavy atom. The first-order chi connectivity index (χ1) is 15.1. The number of nitrogens with zero attached hydrogens (tertiary/aromatic N) is 2. The summed E-state index contributed by atoms with van der Waals surface area (Å²) in [4.78, 5) is 20.1. The lowest BCUT2D eigenvalue weighted by Gasteiger charge is -2.11. The second-order valence-corrected chi connectivity index (χ2v) is 7.39. The van der Waals surface area contributed by atoms with Crippen molar-refractivity contribution in [3.63, 3.8) is 0 Å². The smallest absolute Gasteiger partial charge is 0.323 e. The van der Waals surface area contributed by atoms with Crippen molar-refractivity contribution in [2.24, 2.45) is 0 Å². The lowest BCUT2D eigenvalue weighted by Crippen LogP contribution is -2.20. The quantitative estimate of drug-likeness (QED) is 0.356. The third-order valence-electron chi connectivity index (χ3n) is 5.46. The van der Waals surface area contributed by atoms with Crippen molar-refractivity contribution < 1.29 is 9.18 Å². The summed E-state index contributed by atoms with van der Waals surface area (Å²) in [6.07, 6.45) is 5.74. The maximum absolute atomic E-state index is 13.7. The second kappa shape index (κ2) is 7.60. The zero-order valence-corrected chi connectivity index (χ0v) is 16.8. The van der Waals surface area contributed by atoms with Gasteiger partial charge in [0, 0.05) is 47.2 Å². The third kappa shape index (κ3) is 3.50. The molecule has 0 aliphatic heterocycles. The zero-order chi connectivity index (χ0) is 21.4. The van der Waals surface area contributed by atoms with Crippen molar-refractivity contribution in [1.82, 2.24) is 14.5 Å². The number of rotatable bonds is 4. The number of urea groups is 1. The summed E-state index contributed by atoms with van der Waals surface area (Å²) in [6, 6.07) is 15.9. The van der Waals surface area contributed by atoms with E-state index in [1.807, 2.05) is 48.8 Å². The van der Waals surface area contributed by atoms with Gasteiger partial charge in [0.05, 0.1) is 11.2 Å². The predicted octanol–water partition coefficient (Wildman–Crippen LogP) is 5.66. The molecule has 3 aromatic heterocycles. The SMILES string of the molecule is Cc1c(F)cccc1NC(=O)Nc1cccc2c1ccn2Cc1c[nH]c2ncccc12. The molecule has 5 rings (SSSR count). The highest BCUT2D eigenvalue weighted by Crippen LogP contribution is 2.27. The summed E-state index contributed by atoms with van der Waals surface area (Å²) in [5, 5.41) is 7.61. The first kappa shape index (κ1) is 18.9. The van der Waals surface area contributed by atoms with Crippen molar-refractivity contribution in [1.29, 1.82) is 0 Å². The number of nitrogens with one attached hydrogen (secondary N) is 3. The van der Waals surface area contributed by atoms with Crippen molar-refractivity contribution in [2.45, 2.75) is 13.5 Å². The van der Waals surface area contributed by atoms with Gasteiger partial charge in [0.1, 0.15) is 11.5 Å². The molecule has 3 heterocycles. The largest absolute Gasteiger partial charge is 0.346 e. The van der Waals surface area contributed by atoms with Gasteiger partial charge in [-0.05, 0) is 55.0 Å². The van der Waals surface area contributed by atoms with Crippen LogP contribution >= 0.6 is 0 Å². The van der Waals surface area contributed by atoms with E-state index in [9.17, 15) is 9.18 Å². The van der Waals surface area contributed by atoms with E-state index in [1.54, 1.807) is 25.3 Å². The molecule has 0 radical (unpaired) electrons. The Kier molecular flexibility index (Phi) is 4.63. The van der Waals surface area contributed by atoms with E-state index < -0.39 is 6.03 Å². The van der Waals surface area contributed by atoms with Crippen LogP contribution in [0.4, 0.5) is 20.6 Å². The van der Waals surface area contributed by atoms with Gasteiger partial charge in [-0.25, -0.2) is 14.2 Å². The number of benzene rings is 2. The molecule has 5 aromatic rings. The van der Waals surface area contributed by atoms with Gasteiger partial charge in [-0.2, -0.15) is 0 Å². The minimum atomic E-state index is -0.420. The summed E-state index contributed by atoms with van der Waals surface area (Å²) in [5.74, 6) is -0.357. The molecular formula is C24H20FN5O. The number of anilines is 2. The molecule has 0 unspecified atom stereocenters. The van der Waals surface area contributed by atoms with Crippen LogP contribution in [0.15, 0.2) is 73.2 Å². The summed E-state index contributed by atoms with van der Waals surface area (Å²) in [6.45, 7) is 2.30. The Balaban J connectivity index is 1.40. The van der Waals surface area contributed by atoms with Crippen LogP contribution in [0.2, 0.25) is 0 Å². The fourth-order valence-corrected chi connectivity index (χ4v) is 3.82. The topological polar surface area (TPSA) is 74.7 Å². The maximum atomic E-state index is 13.7. The molecule has 0 aliphatic carbocycles. The number of hydrogen-bond acceptors (Lipinski definition) is 2. The van der Waals surface area contributed by atoms with Gasteiger partial charge < -0.3 is 20.2 Å². The van der Waals surface area contributed by atoms with Crippen molar-refractivity contribution >= 4 is 39.3 Å². The molecule has 0 bridgehead atoms. The van der Waals surface area contributed by atoms with Crippen LogP contribution in [-0.2, 0) is 6.54 Å². The standard InChI is InChI=1S/C24H20FN5O/c1-15-19(25)6-2-7-20(15)28-24(31)29-21-8-3-9-22-18(21)10-12-30(22)14-16-13-27-23-17(16)5-4-11-26-23/h2-13H,14H2,1H3,(H,26,27)(H2,28,29,31). The monoisotopic (exact) mass is 413 g/mol. The number of aromatic nitrogens is 3. The summed E-state index contributed by atoms with van der Waals surface area (Å²) < 4.78 is 15.9. The number of halogens is 1. The number of fused-ring (bicyclic) bond motifs is 2. The van der Waals surface area contributed by atoms with E-state index in [-0.39, 0.29) is 5.82 Å². The molecule has 0 spiro atoms. The van der Waals surface area contributed by atoms with Gasteiger partial charge in [-0.15, -0.1) is 0 Å². The number of carbonyl (C=O) groups is 1. The molecule has 2 amide bonds. The number of pyridine rings is 1. The molecule has 0 aliphatic rings. The van der Waals surface area contributed by atoms with Crippen LogP contribution in [-0.4, -0.2) is 20.6 Å². The van der Waals surface area contributed by atoms with Crippen LogP contribution in [0.5, 0.6) is 0 Å². The van der Waals surface area contributed by atoms with Gasteiger partial charge in [0.15, 0.2) is 0 Å². The van der Waals surface area contributed by atoms with Crippen LogP contribution in [0.1, 0.15) is 11.1 Å². The molecule has 0 saturated heterocycles. The molecule has 154 valence electrons. The lowest BCUT2D eigenvalue weighted by molar-refractivity contribution is 0.262. The zero-order valence-electron chi connectivity index (χ0n) is 16.8. The highest BCUT2D eigenvalue weighted by Gasteiger charge is 2.12. The van der Waals surface area contributed by atoms with E-state index in [1.165, 1.54) is 6.07 Å². The van der Waals surface area contributed by atoms with E-state index >= 15 is 0 Å². The average Bonchev–Trinajstić information content (AvgIpc) is 3.37. The van der Waals surface area contributed by atoms with Crippen LogP contribution in [0.25, 0.3) is 21.9 Å². The maximum Gasteiger partial charge on any atom is 0.323 e. The highest BCUT2D eigenvalue weighted by atomic mass is 19.1. The van der Waals surface area contributed by atoms with Crippen LogP contribution < -0.4 is 10.6 Å². The first-order valence-corrected chi connectivity index (χ1v) is 9.92. The molecule has 6 nitrogen and oxygen atoms in total. The summed E-state index contributed by atoms with van der Waals surface area (Å²) >= 11 is 0. The van der Waals surface area contributed by atoms with Crippen molar-refractivity contribution in [3.05, 3.63) is 90.1 Å². The highest BCUT2D eigenvalue weighted by molar-refractivity contribution is 6.06. The first-order valence-electron chi connectivity index (χ1n) is 9.92. The number of H-pyrrole nitrogens is 1. The van der Waals surface area contributed by atoms with Gasteiger partial charge in [0.2, 0.25) is 0 Å². The van der Waals surface area contributed by atoms with Gasteiger partial charge in [0.25, 0.3) is 0 Å². The molecule has 0 saturated carbocycles. The molecular weight excluding hydrogens is 393 g/mol. The van der Waals surface area contributed by atoms with E-state index in [0.717, 1.165) is 27.5 Å². The number of amides is 2. The Morgan fingerprint density at radius 2 is 1.84 bits per heavy atom. The fraction of sp³-hybridized carbons (Fsp3) is 0.0833. The summed E-state index contributed by atoms with van der Waals surface area (Å²) in [5.41, 5.74) is 4.52. The molecule has 3 N–H and O–H groups in total. The molecule has 0 fully saturated rings. The minimum Gasteiger partial charge on any atom is -0.346 e. The Morgan fingerprint density at radius 1 is 1.03 bits per heavy atom. The van der Waals surface area contributed by atoms with Crippen LogP contribution in [0.3, 0.4) is 0 Å². The number of carbonyl (C=O) groups excluding carboxylic acids is 1. The number of aromatic amines is 1. The second-order valence-electron chi connectivity index (χ2n) is 7.39. The van der Waals surface area contributed by atoms with E-state index in [0.29, 0.717) is 23.5 Å². The minimum absolute atomic E-state index is 0.357. The lowest BCUT2D eigenvalue weighted by atomic mass is 10.2. The average molecular weight is 413 g/mol. The molecule has 2 aromatic carbocycles. The van der Waals surface area contributed by atoms with Crippen molar-refractivity contribution in [2.75, 3.05) is 10.6 Å². The van der Waals surface area contributed by atoms with Gasteiger partial charge >= 0.3 is 6.03 Å². The normalized spacial score (nSPS) is 11.2. The summed E-state index contributed by atoms with van der Waals surface area (Å²) in [7, 11) is 0. The molecule has 31 heavy (non-hydrogen) atoms. The fourth-order valence-electron chi connectivity index (χ4n) is 3.82. The van der Waals surface area contributed by atoms with E-state index in [4.69, 9.17) is 0 Å². The third-order valence-corrected chi connectivity index (χ3v) is 5.46. The van der Waals surface area contributed by atoms with Crippen molar-refractivity contribution in [3.8, 4) is 0 Å².